The van der Waals surface area contributed by atoms with E-state index in [9.17, 15) is 4.79 Å². The monoisotopic (exact) mass is 269 g/mol. The highest BCUT2D eigenvalue weighted by Gasteiger charge is 2.19. The van der Waals surface area contributed by atoms with E-state index in [1.807, 2.05) is 29.3 Å². The van der Waals surface area contributed by atoms with E-state index in [2.05, 4.69) is 11.9 Å². The average Bonchev–Trinajstić information content (AvgIpc) is 3.02. The van der Waals surface area contributed by atoms with E-state index in [0.29, 0.717) is 12.2 Å². The van der Waals surface area contributed by atoms with Gasteiger partial charge in [-0.2, -0.15) is 11.8 Å². The Kier molecular flexibility index (Phi) is 5.07. The van der Waals surface area contributed by atoms with Crippen LogP contribution in [0.4, 0.5) is 0 Å². The summed E-state index contributed by atoms with van der Waals surface area (Å²) in [6.07, 6.45) is 2.97. The molecule has 94 valence electrons. The second kappa shape index (κ2) is 6.57. The van der Waals surface area contributed by atoms with Gasteiger partial charge < -0.3 is 4.90 Å². The van der Waals surface area contributed by atoms with E-state index in [0.717, 1.165) is 23.9 Å². The SMILES string of the molecule is CN(CCCC(=O)c1cccs1)C1CCSC1. The maximum atomic E-state index is 11.8. The fourth-order valence-electron chi connectivity index (χ4n) is 2.10. The number of nitrogens with zero attached hydrogens (tertiary/aromatic N) is 1. The summed E-state index contributed by atoms with van der Waals surface area (Å²) in [7, 11) is 2.19. The van der Waals surface area contributed by atoms with Gasteiger partial charge in [-0.25, -0.2) is 0 Å². The van der Waals surface area contributed by atoms with Crippen molar-refractivity contribution in [2.75, 3.05) is 25.1 Å². The molecule has 2 nitrogen and oxygen atoms in total. The van der Waals surface area contributed by atoms with E-state index in [-0.39, 0.29) is 0 Å². The van der Waals surface area contributed by atoms with Crippen molar-refractivity contribution in [3.63, 3.8) is 0 Å². The largest absolute Gasteiger partial charge is 0.303 e. The van der Waals surface area contributed by atoms with Gasteiger partial charge >= 0.3 is 0 Å². The third-order valence-electron chi connectivity index (χ3n) is 3.24. The Morgan fingerprint density at radius 3 is 3.12 bits per heavy atom. The molecule has 0 bridgehead atoms. The van der Waals surface area contributed by atoms with Gasteiger partial charge in [0.1, 0.15) is 0 Å². The third kappa shape index (κ3) is 3.83. The number of hydrogen-bond acceptors (Lipinski definition) is 4. The highest BCUT2D eigenvalue weighted by molar-refractivity contribution is 7.99. The Morgan fingerprint density at radius 2 is 2.47 bits per heavy atom. The number of rotatable bonds is 6. The van der Waals surface area contributed by atoms with Crippen LogP contribution in [0.2, 0.25) is 0 Å². The number of hydrogen-bond donors (Lipinski definition) is 0. The highest BCUT2D eigenvalue weighted by atomic mass is 32.2. The molecule has 1 aliphatic rings. The molecular formula is C13H19NOS2. The summed E-state index contributed by atoms with van der Waals surface area (Å²) in [4.78, 5) is 15.1. The van der Waals surface area contributed by atoms with Crippen LogP contribution in [0.5, 0.6) is 0 Å². The zero-order valence-corrected chi connectivity index (χ0v) is 11.9. The molecule has 0 amide bonds. The van der Waals surface area contributed by atoms with Crippen LogP contribution in [0.25, 0.3) is 0 Å². The summed E-state index contributed by atoms with van der Waals surface area (Å²) in [6.45, 7) is 1.04. The van der Waals surface area contributed by atoms with Gasteiger partial charge in [0, 0.05) is 18.2 Å². The zero-order valence-electron chi connectivity index (χ0n) is 10.2. The second-order valence-electron chi connectivity index (χ2n) is 4.50. The van der Waals surface area contributed by atoms with Crippen molar-refractivity contribution in [2.24, 2.45) is 0 Å². The normalized spacial score (nSPS) is 20.0. The van der Waals surface area contributed by atoms with Crippen LogP contribution in [0.15, 0.2) is 17.5 Å². The van der Waals surface area contributed by atoms with Crippen LogP contribution < -0.4 is 0 Å². The van der Waals surface area contributed by atoms with E-state index in [1.165, 1.54) is 17.9 Å². The summed E-state index contributed by atoms with van der Waals surface area (Å²) in [5.41, 5.74) is 0. The molecule has 1 aromatic heterocycles. The summed E-state index contributed by atoms with van der Waals surface area (Å²) < 4.78 is 0. The maximum absolute atomic E-state index is 11.8. The Bertz CT molecular complexity index is 344. The number of carbonyl (C=O) groups is 1. The van der Waals surface area contributed by atoms with Gasteiger partial charge in [-0.05, 0) is 43.6 Å². The molecular weight excluding hydrogens is 250 g/mol. The van der Waals surface area contributed by atoms with Gasteiger partial charge in [0.2, 0.25) is 0 Å². The molecule has 0 aliphatic carbocycles. The minimum absolute atomic E-state index is 0.300. The van der Waals surface area contributed by atoms with Crippen molar-refractivity contribution in [1.82, 2.24) is 4.90 Å². The lowest BCUT2D eigenvalue weighted by molar-refractivity contribution is 0.0978. The van der Waals surface area contributed by atoms with Gasteiger partial charge in [-0.15, -0.1) is 11.3 Å². The first-order valence-electron chi connectivity index (χ1n) is 6.12. The molecule has 4 heteroatoms. The summed E-state index contributed by atoms with van der Waals surface area (Å²) in [5, 5.41) is 1.97. The first-order valence-corrected chi connectivity index (χ1v) is 8.15. The minimum atomic E-state index is 0.300. The fourth-order valence-corrected chi connectivity index (χ4v) is 4.09. The molecule has 2 heterocycles. The molecule has 17 heavy (non-hydrogen) atoms. The lowest BCUT2D eigenvalue weighted by Crippen LogP contribution is -2.32. The minimum Gasteiger partial charge on any atom is -0.303 e. The molecule has 1 saturated heterocycles. The van der Waals surface area contributed by atoms with Crippen LogP contribution in [-0.4, -0.2) is 41.8 Å². The summed E-state index contributed by atoms with van der Waals surface area (Å²) >= 11 is 3.59. The van der Waals surface area contributed by atoms with Crippen LogP contribution in [0, 0.1) is 0 Å². The molecule has 1 aromatic rings. The van der Waals surface area contributed by atoms with Gasteiger partial charge in [-0.1, -0.05) is 6.07 Å². The van der Waals surface area contributed by atoms with Gasteiger partial charge in [0.05, 0.1) is 4.88 Å². The second-order valence-corrected chi connectivity index (χ2v) is 6.60. The molecule has 0 saturated carbocycles. The molecule has 1 aliphatic heterocycles. The van der Waals surface area contributed by atoms with Crippen molar-refractivity contribution in [3.8, 4) is 0 Å². The standard InChI is InChI=1S/C13H19NOS2/c1-14(11-6-9-16-10-11)7-2-4-12(15)13-5-3-8-17-13/h3,5,8,11H,2,4,6-7,9-10H2,1H3. The predicted molar refractivity (Wildman–Crippen MR) is 76.2 cm³/mol. The molecule has 2 rings (SSSR count). The van der Waals surface area contributed by atoms with E-state index in [1.54, 1.807) is 11.3 Å². The van der Waals surface area contributed by atoms with Crippen molar-refractivity contribution in [2.45, 2.75) is 25.3 Å². The molecule has 0 radical (unpaired) electrons. The van der Waals surface area contributed by atoms with E-state index in [4.69, 9.17) is 0 Å². The number of carbonyl (C=O) groups excluding carboxylic acids is 1. The predicted octanol–water partition coefficient (Wildman–Crippen LogP) is 3.15. The maximum Gasteiger partial charge on any atom is 0.172 e. The Labute approximate surface area is 111 Å². The van der Waals surface area contributed by atoms with Crippen molar-refractivity contribution >= 4 is 28.9 Å². The lowest BCUT2D eigenvalue weighted by Gasteiger charge is -2.22. The Hall–Kier alpha value is -0.320. The van der Waals surface area contributed by atoms with E-state index < -0.39 is 0 Å². The third-order valence-corrected chi connectivity index (χ3v) is 5.30. The van der Waals surface area contributed by atoms with Gasteiger partial charge in [0.25, 0.3) is 0 Å². The van der Waals surface area contributed by atoms with E-state index >= 15 is 0 Å². The fraction of sp³-hybridized carbons (Fsp3) is 0.615. The molecule has 1 unspecified atom stereocenters. The molecule has 0 aromatic carbocycles. The van der Waals surface area contributed by atoms with Crippen molar-refractivity contribution in [1.29, 1.82) is 0 Å². The van der Waals surface area contributed by atoms with Gasteiger partial charge in [-0.3, -0.25) is 4.79 Å². The topological polar surface area (TPSA) is 20.3 Å². The van der Waals surface area contributed by atoms with Crippen LogP contribution >= 0.6 is 23.1 Å². The summed E-state index contributed by atoms with van der Waals surface area (Å²) in [6, 6.07) is 4.60. The first-order chi connectivity index (χ1) is 8.27. The molecule has 1 fully saturated rings. The lowest BCUT2D eigenvalue weighted by atomic mass is 10.1. The van der Waals surface area contributed by atoms with Crippen molar-refractivity contribution in [3.05, 3.63) is 22.4 Å². The van der Waals surface area contributed by atoms with Crippen LogP contribution in [-0.2, 0) is 0 Å². The van der Waals surface area contributed by atoms with Crippen molar-refractivity contribution < 1.29 is 4.79 Å². The van der Waals surface area contributed by atoms with Gasteiger partial charge in [0.15, 0.2) is 5.78 Å². The summed E-state index contributed by atoms with van der Waals surface area (Å²) in [5.74, 6) is 2.85. The Morgan fingerprint density at radius 1 is 1.59 bits per heavy atom. The number of ketones is 1. The quantitative estimate of drug-likeness (QED) is 0.740. The molecule has 0 spiro atoms. The van der Waals surface area contributed by atoms with Crippen LogP contribution in [0.1, 0.15) is 28.9 Å². The van der Waals surface area contributed by atoms with Crippen LogP contribution in [0.3, 0.4) is 0 Å². The highest BCUT2D eigenvalue weighted by Crippen LogP contribution is 2.21. The zero-order chi connectivity index (χ0) is 12.1. The molecule has 1 atom stereocenters. The Balaban J connectivity index is 1.67. The number of thioether (sulfide) groups is 1. The molecule has 0 N–H and O–H groups in total. The first kappa shape index (κ1) is 13.1. The number of thiophene rings is 1. The number of Topliss-reactive ketones (excluding diaryl/α,β-unsaturated/α-hetero) is 1. The smallest absolute Gasteiger partial charge is 0.172 e. The average molecular weight is 269 g/mol.